The summed E-state index contributed by atoms with van der Waals surface area (Å²) in [6, 6.07) is 10.7. The molecule has 1 amide bonds. The van der Waals surface area contributed by atoms with Gasteiger partial charge in [0, 0.05) is 24.8 Å². The molecule has 0 radical (unpaired) electrons. The van der Waals surface area contributed by atoms with Crippen LogP contribution in [0.5, 0.6) is 11.5 Å². The Balaban J connectivity index is 1.78. The van der Waals surface area contributed by atoms with Gasteiger partial charge in [0.2, 0.25) is 0 Å². The molecule has 2 N–H and O–H groups in total. The summed E-state index contributed by atoms with van der Waals surface area (Å²) in [5.41, 5.74) is 0.951. The van der Waals surface area contributed by atoms with Crippen LogP contribution in [0.25, 0.3) is 0 Å². The van der Waals surface area contributed by atoms with Crippen LogP contribution in [-0.2, 0) is 20.7 Å². The topological polar surface area (TPSA) is 107 Å². The molecule has 3 rings (SSSR count). The molecule has 1 unspecified atom stereocenters. The highest BCUT2D eigenvalue weighted by Gasteiger charge is 2.35. The first-order valence-corrected chi connectivity index (χ1v) is 12.2. The van der Waals surface area contributed by atoms with Gasteiger partial charge in [-0.15, -0.1) is 0 Å². The molecule has 2 heterocycles. The largest absolute Gasteiger partial charge is 0.503 e. The smallest absolute Gasteiger partial charge is 0.328 e. The van der Waals surface area contributed by atoms with E-state index in [2.05, 4.69) is 36.3 Å². The van der Waals surface area contributed by atoms with E-state index in [-0.39, 0.29) is 29.2 Å². The Kier molecular flexibility index (Phi) is 9.48. The van der Waals surface area contributed by atoms with Gasteiger partial charge in [0.25, 0.3) is 5.91 Å². The molecule has 2 aromatic rings. The average molecular weight is 485 g/mol. The van der Waals surface area contributed by atoms with Gasteiger partial charge in [0.05, 0.1) is 13.2 Å². The second-order valence-corrected chi connectivity index (χ2v) is 9.43. The van der Waals surface area contributed by atoms with Crippen molar-refractivity contribution in [1.29, 1.82) is 0 Å². The summed E-state index contributed by atoms with van der Waals surface area (Å²) in [6.07, 6.45) is 3.37. The van der Waals surface area contributed by atoms with Crippen LogP contribution in [0, 0.1) is 11.8 Å². The van der Waals surface area contributed by atoms with Crippen molar-refractivity contribution in [2.24, 2.45) is 11.8 Å². The van der Waals surface area contributed by atoms with Gasteiger partial charge >= 0.3 is 5.97 Å². The highest BCUT2D eigenvalue weighted by Crippen LogP contribution is 2.29. The Morgan fingerprint density at radius 3 is 2.66 bits per heavy atom. The fourth-order valence-corrected chi connectivity index (χ4v) is 4.34. The maximum Gasteiger partial charge on any atom is 0.328 e. The number of nitrogens with one attached hydrogen (secondary N) is 1. The number of methoxy groups -OCH3 is 1. The van der Waals surface area contributed by atoms with E-state index in [1.54, 1.807) is 0 Å². The number of cyclic esters (lactones) is 1. The zero-order chi connectivity index (χ0) is 25.4. The maximum atomic E-state index is 13.1. The Morgan fingerprint density at radius 2 is 1.97 bits per heavy atom. The number of aromatic nitrogens is 1. The van der Waals surface area contributed by atoms with Gasteiger partial charge in [-0.3, -0.25) is 4.79 Å². The third kappa shape index (κ3) is 7.18. The Morgan fingerprint density at radius 1 is 1.23 bits per heavy atom. The normalized spacial score (nSPS) is 23.1. The predicted octanol–water partition coefficient (Wildman–Crippen LogP) is 3.91. The Hall–Kier alpha value is -3.13. The van der Waals surface area contributed by atoms with Gasteiger partial charge in [-0.05, 0) is 44.1 Å². The predicted molar refractivity (Wildman–Crippen MR) is 131 cm³/mol. The van der Waals surface area contributed by atoms with Crippen LogP contribution in [0.1, 0.15) is 56.1 Å². The lowest BCUT2D eigenvalue weighted by Crippen LogP contribution is -2.44. The zero-order valence-electron chi connectivity index (χ0n) is 20.9. The molecule has 8 nitrogen and oxygen atoms in total. The van der Waals surface area contributed by atoms with Gasteiger partial charge in [0.15, 0.2) is 17.2 Å². The third-order valence-electron chi connectivity index (χ3n) is 6.23. The van der Waals surface area contributed by atoms with Gasteiger partial charge in [-0.2, -0.15) is 0 Å². The molecule has 1 aromatic carbocycles. The SMILES string of the molecule is COc1ccnc(C(=O)NC2CCC[C@H](OCC(C)C)[C@@H](Cc3ccccc3)[C@H](C)OC2=O)c1O. The highest BCUT2D eigenvalue weighted by atomic mass is 16.5. The number of ether oxygens (including phenoxy) is 3. The molecule has 4 atom stereocenters. The van der Waals surface area contributed by atoms with Crippen molar-refractivity contribution in [3.05, 3.63) is 53.9 Å². The van der Waals surface area contributed by atoms with Gasteiger partial charge in [-0.1, -0.05) is 44.2 Å². The molecule has 1 aliphatic heterocycles. The molecule has 0 saturated carbocycles. The molecular formula is C27H36N2O6. The summed E-state index contributed by atoms with van der Waals surface area (Å²) >= 11 is 0. The summed E-state index contributed by atoms with van der Waals surface area (Å²) in [4.78, 5) is 29.9. The number of carbonyl (C=O) groups is 2. The number of pyridine rings is 1. The number of amides is 1. The number of hydrogen-bond acceptors (Lipinski definition) is 7. The number of hydrogen-bond donors (Lipinski definition) is 2. The summed E-state index contributed by atoms with van der Waals surface area (Å²) < 4.78 is 17.2. The van der Waals surface area contributed by atoms with E-state index in [0.717, 1.165) is 18.4 Å². The number of rotatable bonds is 8. The summed E-state index contributed by atoms with van der Waals surface area (Å²) in [7, 11) is 1.39. The number of esters is 1. The fourth-order valence-electron chi connectivity index (χ4n) is 4.34. The van der Waals surface area contributed by atoms with Crippen LogP contribution >= 0.6 is 0 Å². The summed E-state index contributed by atoms with van der Waals surface area (Å²) in [6.45, 7) is 6.73. The second kappa shape index (κ2) is 12.5. The Bertz CT molecular complexity index is 981. The van der Waals surface area contributed by atoms with Crippen LogP contribution in [0.15, 0.2) is 42.6 Å². The van der Waals surface area contributed by atoms with Crippen molar-refractivity contribution in [3.8, 4) is 11.5 Å². The van der Waals surface area contributed by atoms with Crippen LogP contribution in [0.2, 0.25) is 0 Å². The summed E-state index contributed by atoms with van der Waals surface area (Å²) in [5, 5.41) is 13.0. The van der Waals surface area contributed by atoms with E-state index in [1.165, 1.54) is 19.4 Å². The average Bonchev–Trinajstić information content (AvgIpc) is 2.88. The maximum absolute atomic E-state index is 13.1. The molecule has 35 heavy (non-hydrogen) atoms. The Labute approximate surface area is 207 Å². The van der Waals surface area contributed by atoms with Crippen LogP contribution in [-0.4, -0.2) is 53.9 Å². The molecule has 1 saturated heterocycles. The quantitative estimate of drug-likeness (QED) is 0.547. The van der Waals surface area contributed by atoms with Crippen molar-refractivity contribution in [2.75, 3.05) is 13.7 Å². The third-order valence-corrected chi connectivity index (χ3v) is 6.23. The highest BCUT2D eigenvalue weighted by molar-refractivity contribution is 5.97. The first kappa shape index (κ1) is 26.5. The first-order valence-electron chi connectivity index (χ1n) is 12.2. The van der Waals surface area contributed by atoms with Gasteiger partial charge in [-0.25, -0.2) is 9.78 Å². The molecule has 190 valence electrons. The first-order chi connectivity index (χ1) is 16.8. The lowest BCUT2D eigenvalue weighted by Gasteiger charge is -2.32. The van der Waals surface area contributed by atoms with Crippen molar-refractivity contribution in [1.82, 2.24) is 10.3 Å². The lowest BCUT2D eigenvalue weighted by atomic mass is 9.87. The van der Waals surface area contributed by atoms with Crippen molar-refractivity contribution < 1.29 is 28.9 Å². The van der Waals surface area contributed by atoms with Crippen molar-refractivity contribution >= 4 is 11.9 Å². The van der Waals surface area contributed by atoms with Crippen LogP contribution < -0.4 is 10.1 Å². The summed E-state index contributed by atoms with van der Waals surface area (Å²) in [5.74, 6) is -1.06. The minimum atomic E-state index is -0.862. The van der Waals surface area contributed by atoms with E-state index in [1.807, 2.05) is 25.1 Å². The monoisotopic (exact) mass is 484 g/mol. The number of benzene rings is 1. The minimum Gasteiger partial charge on any atom is -0.503 e. The van der Waals surface area contributed by atoms with Gasteiger partial charge in [0.1, 0.15) is 12.1 Å². The standard InChI is InChI=1S/C27H36N2O6/c1-17(2)16-34-22-12-8-11-21(29-26(31)24-25(30)23(33-4)13-14-28-24)27(32)35-18(3)20(22)15-19-9-6-5-7-10-19/h5-7,9-10,13-14,17-18,20-22,30H,8,11-12,15-16H2,1-4H3,(H,29,31)/t18-,20-,21?,22-/m0/s1. The van der Waals surface area contributed by atoms with Crippen molar-refractivity contribution in [2.45, 2.75) is 64.7 Å². The molecule has 1 aromatic heterocycles. The second-order valence-electron chi connectivity index (χ2n) is 9.43. The van der Waals surface area contributed by atoms with Crippen LogP contribution in [0.4, 0.5) is 0 Å². The van der Waals surface area contributed by atoms with E-state index < -0.39 is 24.0 Å². The molecule has 0 spiro atoms. The fraction of sp³-hybridized carbons (Fsp3) is 0.519. The number of carbonyl (C=O) groups excluding carboxylic acids is 2. The van der Waals surface area contributed by atoms with Crippen molar-refractivity contribution in [3.63, 3.8) is 0 Å². The molecule has 0 aliphatic carbocycles. The van der Waals surface area contributed by atoms with E-state index >= 15 is 0 Å². The molecule has 1 aliphatic rings. The minimum absolute atomic E-state index is 0.0290. The molecule has 8 heteroatoms. The van der Waals surface area contributed by atoms with Crippen LogP contribution in [0.3, 0.4) is 0 Å². The number of aromatic hydroxyl groups is 1. The molecule has 0 bridgehead atoms. The lowest BCUT2D eigenvalue weighted by molar-refractivity contribution is -0.155. The molecule has 1 fully saturated rings. The van der Waals surface area contributed by atoms with E-state index in [0.29, 0.717) is 25.4 Å². The zero-order valence-corrected chi connectivity index (χ0v) is 20.9. The molecular weight excluding hydrogens is 448 g/mol. The van der Waals surface area contributed by atoms with E-state index in [4.69, 9.17) is 14.2 Å². The van der Waals surface area contributed by atoms with E-state index in [9.17, 15) is 14.7 Å². The number of nitrogens with zero attached hydrogens (tertiary/aromatic N) is 1. The van der Waals surface area contributed by atoms with Gasteiger partial charge < -0.3 is 24.6 Å².